The van der Waals surface area contributed by atoms with E-state index in [4.69, 9.17) is 21.8 Å². The van der Waals surface area contributed by atoms with Gasteiger partial charge in [-0.1, -0.05) is 31.9 Å². The molecule has 2 atom stereocenters. The van der Waals surface area contributed by atoms with Crippen molar-refractivity contribution in [2.45, 2.75) is 33.2 Å². The molecule has 2 N–H and O–H groups in total. The van der Waals surface area contributed by atoms with Gasteiger partial charge in [0.25, 0.3) is 0 Å². The second kappa shape index (κ2) is 4.67. The molecule has 0 saturated heterocycles. The zero-order chi connectivity index (χ0) is 12.6. The summed E-state index contributed by atoms with van der Waals surface area (Å²) in [4.78, 5) is 4.43. The van der Waals surface area contributed by atoms with Crippen LogP contribution in [0.2, 0.25) is 5.02 Å². The second-order valence-corrected chi connectivity index (χ2v) is 4.97. The molecule has 1 aromatic heterocycles. The Labute approximate surface area is 106 Å². The number of aryl methyl sites for hydroxylation is 1. The van der Waals surface area contributed by atoms with Crippen LogP contribution in [0, 0.1) is 12.8 Å². The first-order valence-corrected chi connectivity index (χ1v) is 6.23. The highest BCUT2D eigenvalue weighted by Gasteiger charge is 2.20. The van der Waals surface area contributed by atoms with Gasteiger partial charge in [-0.25, -0.2) is 4.98 Å². The Balaban J connectivity index is 2.48. The largest absolute Gasteiger partial charge is 0.439 e. The van der Waals surface area contributed by atoms with Gasteiger partial charge in [0.15, 0.2) is 5.58 Å². The van der Waals surface area contributed by atoms with Crippen molar-refractivity contribution in [3.05, 3.63) is 28.6 Å². The lowest BCUT2D eigenvalue weighted by Gasteiger charge is -2.13. The molecule has 0 aliphatic carbocycles. The van der Waals surface area contributed by atoms with Crippen LogP contribution in [0.15, 0.2) is 16.5 Å². The van der Waals surface area contributed by atoms with Gasteiger partial charge in [0, 0.05) is 5.02 Å². The normalized spacial score (nSPS) is 15.1. The third kappa shape index (κ3) is 2.31. The van der Waals surface area contributed by atoms with Crippen LogP contribution in [0.5, 0.6) is 0 Å². The Kier molecular flexibility index (Phi) is 3.40. The smallest absolute Gasteiger partial charge is 0.212 e. The van der Waals surface area contributed by atoms with Gasteiger partial charge in [-0.15, -0.1) is 0 Å². The minimum Gasteiger partial charge on any atom is -0.439 e. The third-order valence-corrected chi connectivity index (χ3v) is 3.42. The quantitative estimate of drug-likeness (QED) is 0.903. The summed E-state index contributed by atoms with van der Waals surface area (Å²) in [5.41, 5.74) is 8.66. The van der Waals surface area contributed by atoms with E-state index in [0.29, 0.717) is 16.8 Å². The maximum Gasteiger partial charge on any atom is 0.212 e. The molecule has 4 heteroatoms. The van der Waals surface area contributed by atoms with Gasteiger partial charge >= 0.3 is 0 Å². The van der Waals surface area contributed by atoms with Gasteiger partial charge in [-0.2, -0.15) is 0 Å². The molecule has 2 unspecified atom stereocenters. The number of nitrogens with two attached hydrogens (primary N) is 1. The number of hydrogen-bond donors (Lipinski definition) is 1. The average molecular weight is 253 g/mol. The number of oxazole rings is 1. The molecule has 1 heterocycles. The maximum atomic E-state index is 6.11. The Hall–Kier alpha value is -1.06. The van der Waals surface area contributed by atoms with Crippen LogP contribution < -0.4 is 5.73 Å². The lowest BCUT2D eigenvalue weighted by atomic mass is 10.0. The minimum absolute atomic E-state index is 0.162. The van der Waals surface area contributed by atoms with E-state index in [1.807, 2.05) is 13.0 Å². The average Bonchev–Trinajstić information content (AvgIpc) is 2.70. The number of benzene rings is 1. The van der Waals surface area contributed by atoms with Crippen LogP contribution in [0.3, 0.4) is 0 Å². The first-order valence-electron chi connectivity index (χ1n) is 5.85. The van der Waals surface area contributed by atoms with Crippen molar-refractivity contribution in [3.63, 3.8) is 0 Å². The van der Waals surface area contributed by atoms with Crippen molar-refractivity contribution in [2.24, 2.45) is 11.7 Å². The van der Waals surface area contributed by atoms with Gasteiger partial charge in [0.05, 0.1) is 6.04 Å². The summed E-state index contributed by atoms with van der Waals surface area (Å²) < 4.78 is 5.74. The molecular weight excluding hydrogens is 236 g/mol. The minimum atomic E-state index is -0.162. The first kappa shape index (κ1) is 12.4. The highest BCUT2D eigenvalue weighted by atomic mass is 35.5. The summed E-state index contributed by atoms with van der Waals surface area (Å²) in [5.74, 6) is 0.943. The van der Waals surface area contributed by atoms with Crippen molar-refractivity contribution in [1.29, 1.82) is 0 Å². The van der Waals surface area contributed by atoms with E-state index in [1.165, 1.54) is 0 Å². The fourth-order valence-corrected chi connectivity index (χ4v) is 2.08. The Morgan fingerprint density at radius 2 is 2.18 bits per heavy atom. The highest BCUT2D eigenvalue weighted by molar-refractivity contribution is 6.31. The van der Waals surface area contributed by atoms with Crippen LogP contribution in [-0.4, -0.2) is 4.98 Å². The monoisotopic (exact) mass is 252 g/mol. The van der Waals surface area contributed by atoms with Crippen molar-refractivity contribution >= 4 is 22.7 Å². The molecule has 3 nitrogen and oxygen atoms in total. The summed E-state index contributed by atoms with van der Waals surface area (Å²) in [5, 5.41) is 0.673. The summed E-state index contributed by atoms with van der Waals surface area (Å²) >= 11 is 5.99. The first-order chi connectivity index (χ1) is 8.02. The molecule has 0 bridgehead atoms. The lowest BCUT2D eigenvalue weighted by molar-refractivity contribution is 0.375. The van der Waals surface area contributed by atoms with Crippen molar-refractivity contribution in [3.8, 4) is 0 Å². The van der Waals surface area contributed by atoms with E-state index in [-0.39, 0.29) is 6.04 Å². The molecule has 0 radical (unpaired) electrons. The number of aromatic nitrogens is 1. The summed E-state index contributed by atoms with van der Waals surface area (Å²) in [6.45, 7) is 6.16. The Morgan fingerprint density at radius 3 is 2.82 bits per heavy atom. The summed E-state index contributed by atoms with van der Waals surface area (Å²) in [6, 6.07) is 3.51. The van der Waals surface area contributed by atoms with Gasteiger partial charge < -0.3 is 10.2 Å². The van der Waals surface area contributed by atoms with Crippen molar-refractivity contribution in [1.82, 2.24) is 4.98 Å². The molecule has 0 saturated carbocycles. The topological polar surface area (TPSA) is 52.0 Å². The van der Waals surface area contributed by atoms with Gasteiger partial charge in [-0.05, 0) is 30.5 Å². The maximum absolute atomic E-state index is 6.11. The van der Waals surface area contributed by atoms with E-state index >= 15 is 0 Å². The molecule has 2 aromatic rings. The van der Waals surface area contributed by atoms with E-state index in [2.05, 4.69) is 18.8 Å². The molecular formula is C13H17ClN2O. The number of hydrogen-bond acceptors (Lipinski definition) is 3. The lowest BCUT2D eigenvalue weighted by Crippen LogP contribution is -2.18. The van der Waals surface area contributed by atoms with Crippen LogP contribution in [0.4, 0.5) is 0 Å². The highest BCUT2D eigenvalue weighted by Crippen LogP contribution is 2.28. The van der Waals surface area contributed by atoms with Crippen LogP contribution in [0.25, 0.3) is 11.1 Å². The van der Waals surface area contributed by atoms with Gasteiger partial charge in [0.2, 0.25) is 5.89 Å². The molecule has 1 aromatic carbocycles. The van der Waals surface area contributed by atoms with Gasteiger partial charge in [0.1, 0.15) is 5.52 Å². The molecule has 17 heavy (non-hydrogen) atoms. The predicted octanol–water partition coefficient (Wildman–Crippen LogP) is 3.84. The van der Waals surface area contributed by atoms with E-state index in [9.17, 15) is 0 Å². The fraction of sp³-hybridized carbons (Fsp3) is 0.462. The predicted molar refractivity (Wildman–Crippen MR) is 70.1 cm³/mol. The zero-order valence-corrected chi connectivity index (χ0v) is 11.1. The van der Waals surface area contributed by atoms with E-state index in [0.717, 1.165) is 23.1 Å². The number of fused-ring (bicyclic) bond motifs is 1. The Bertz CT molecular complexity index is 535. The van der Waals surface area contributed by atoms with E-state index < -0.39 is 0 Å². The number of rotatable bonds is 3. The third-order valence-electron chi connectivity index (χ3n) is 3.20. The Morgan fingerprint density at radius 1 is 1.47 bits per heavy atom. The molecule has 0 aliphatic heterocycles. The molecule has 0 fully saturated rings. The molecule has 0 spiro atoms. The molecule has 92 valence electrons. The molecule has 2 rings (SSSR count). The van der Waals surface area contributed by atoms with Crippen molar-refractivity contribution in [2.75, 3.05) is 0 Å². The second-order valence-electron chi connectivity index (χ2n) is 4.53. The summed E-state index contributed by atoms with van der Waals surface area (Å²) in [6.07, 6.45) is 1.000. The fourth-order valence-electron chi connectivity index (χ4n) is 1.81. The number of nitrogens with zero attached hydrogens (tertiary/aromatic N) is 1. The van der Waals surface area contributed by atoms with Crippen LogP contribution in [-0.2, 0) is 0 Å². The summed E-state index contributed by atoms with van der Waals surface area (Å²) in [7, 11) is 0. The SMILES string of the molecule is CCC(C)C(N)c1nc2cc(Cl)cc(C)c2o1. The van der Waals surface area contributed by atoms with Gasteiger partial charge in [-0.3, -0.25) is 0 Å². The number of halogens is 1. The van der Waals surface area contributed by atoms with Crippen molar-refractivity contribution < 1.29 is 4.42 Å². The van der Waals surface area contributed by atoms with Crippen LogP contribution >= 0.6 is 11.6 Å². The molecule has 0 aliphatic rings. The molecule has 0 amide bonds. The van der Waals surface area contributed by atoms with E-state index in [1.54, 1.807) is 6.07 Å². The standard InChI is InChI=1S/C13H17ClN2O/c1-4-7(2)11(15)13-16-10-6-9(14)5-8(3)12(10)17-13/h5-7,11H,4,15H2,1-3H3. The zero-order valence-electron chi connectivity index (χ0n) is 10.3. The van der Waals surface area contributed by atoms with Crippen LogP contribution in [0.1, 0.15) is 37.8 Å².